The third-order valence-electron chi connectivity index (χ3n) is 4.71. The van der Waals surface area contributed by atoms with Crippen LogP contribution in [0, 0.1) is 20.8 Å². The zero-order valence-electron chi connectivity index (χ0n) is 14.7. The molecule has 0 unspecified atom stereocenters. The number of benzene rings is 3. The molecule has 0 spiro atoms. The fourth-order valence-electron chi connectivity index (χ4n) is 3.08. The molecule has 3 aromatic carbocycles. The van der Waals surface area contributed by atoms with Gasteiger partial charge in [-0.1, -0.05) is 60.7 Å². The van der Waals surface area contributed by atoms with Crippen molar-refractivity contribution in [1.29, 1.82) is 0 Å². The van der Waals surface area contributed by atoms with Gasteiger partial charge in [-0.05, 0) is 54.7 Å². The molecule has 0 saturated carbocycles. The summed E-state index contributed by atoms with van der Waals surface area (Å²) in [5.41, 5.74) is 5.88. The van der Waals surface area contributed by atoms with Crippen LogP contribution in [-0.2, 0) is 0 Å². The normalized spacial score (nSPS) is 10.5. The summed E-state index contributed by atoms with van der Waals surface area (Å²) in [5, 5.41) is 0. The molecule has 0 N–H and O–H groups in total. The van der Waals surface area contributed by atoms with Crippen molar-refractivity contribution in [3.05, 3.63) is 94.5 Å². The van der Waals surface area contributed by atoms with Gasteiger partial charge in [0, 0.05) is 11.1 Å². The van der Waals surface area contributed by atoms with Gasteiger partial charge in [-0.2, -0.15) is 0 Å². The van der Waals surface area contributed by atoms with Gasteiger partial charge < -0.3 is 0 Å². The minimum atomic E-state index is -0.472. The highest BCUT2D eigenvalue weighted by molar-refractivity contribution is 6.50. The zero-order valence-corrected chi connectivity index (χ0v) is 14.7. The van der Waals surface area contributed by atoms with Crippen LogP contribution < -0.4 is 0 Å². The van der Waals surface area contributed by atoms with E-state index in [-0.39, 0.29) is 0 Å². The van der Waals surface area contributed by atoms with E-state index in [1.807, 2.05) is 63.2 Å². The number of hydrogen-bond acceptors (Lipinski definition) is 2. The lowest BCUT2D eigenvalue weighted by molar-refractivity contribution is 0.0817. The van der Waals surface area contributed by atoms with Crippen molar-refractivity contribution in [2.75, 3.05) is 0 Å². The van der Waals surface area contributed by atoms with Crippen LogP contribution in [0.25, 0.3) is 11.1 Å². The molecule has 0 aliphatic carbocycles. The molecule has 3 aromatic rings. The molecule has 0 aliphatic heterocycles. The quantitative estimate of drug-likeness (QED) is 0.478. The fourth-order valence-corrected chi connectivity index (χ4v) is 3.08. The summed E-state index contributed by atoms with van der Waals surface area (Å²) < 4.78 is 0. The molecule has 0 saturated heterocycles. The lowest BCUT2D eigenvalue weighted by Gasteiger charge is -2.16. The summed E-state index contributed by atoms with van der Waals surface area (Å²) in [4.78, 5) is 25.7. The molecule has 0 heterocycles. The van der Waals surface area contributed by atoms with Crippen molar-refractivity contribution in [3.8, 4) is 11.1 Å². The maximum Gasteiger partial charge on any atom is 0.234 e. The van der Waals surface area contributed by atoms with Crippen LogP contribution in [0.3, 0.4) is 0 Å². The second-order valence-electron chi connectivity index (χ2n) is 6.26. The molecule has 0 aromatic heterocycles. The van der Waals surface area contributed by atoms with Gasteiger partial charge in [0.15, 0.2) is 0 Å². The van der Waals surface area contributed by atoms with Crippen LogP contribution in [0.5, 0.6) is 0 Å². The Morgan fingerprint density at radius 1 is 0.680 bits per heavy atom. The van der Waals surface area contributed by atoms with Crippen molar-refractivity contribution >= 4 is 11.6 Å². The van der Waals surface area contributed by atoms with Crippen molar-refractivity contribution in [3.63, 3.8) is 0 Å². The van der Waals surface area contributed by atoms with E-state index in [1.54, 1.807) is 24.3 Å². The Morgan fingerprint density at radius 3 is 1.84 bits per heavy atom. The summed E-state index contributed by atoms with van der Waals surface area (Å²) in [6.45, 7) is 6.03. The number of carbonyl (C=O) groups excluding carboxylic acids is 2. The second kappa shape index (κ2) is 6.86. The topological polar surface area (TPSA) is 34.1 Å². The molecule has 2 nitrogen and oxygen atoms in total. The molecule has 0 bridgehead atoms. The number of ketones is 2. The average Bonchev–Trinajstić information content (AvgIpc) is 2.66. The summed E-state index contributed by atoms with van der Waals surface area (Å²) in [6, 6.07) is 20.3. The molecular formula is C23H20O2. The van der Waals surface area contributed by atoms with Crippen LogP contribution in [0.15, 0.2) is 66.7 Å². The van der Waals surface area contributed by atoms with E-state index in [2.05, 4.69) is 0 Å². The largest absolute Gasteiger partial charge is 0.285 e. The van der Waals surface area contributed by atoms with Gasteiger partial charge >= 0.3 is 0 Å². The first-order valence-electron chi connectivity index (χ1n) is 8.31. The number of carbonyl (C=O) groups is 2. The predicted octanol–water partition coefficient (Wildman–Crippen LogP) is 5.34. The van der Waals surface area contributed by atoms with Gasteiger partial charge in [-0.15, -0.1) is 0 Å². The van der Waals surface area contributed by atoms with Gasteiger partial charge in [0.05, 0.1) is 0 Å². The molecule has 0 radical (unpaired) electrons. The average molecular weight is 328 g/mol. The minimum absolute atomic E-state index is 0.419. The molecule has 0 amide bonds. The van der Waals surface area contributed by atoms with Gasteiger partial charge in [0.1, 0.15) is 0 Å². The zero-order chi connectivity index (χ0) is 18.0. The van der Waals surface area contributed by atoms with Crippen molar-refractivity contribution < 1.29 is 9.59 Å². The van der Waals surface area contributed by atoms with Gasteiger partial charge in [0.2, 0.25) is 11.6 Å². The summed E-state index contributed by atoms with van der Waals surface area (Å²) in [5.74, 6) is -0.934. The number of Topliss-reactive ketones (excluding diaryl/α,β-unsaturated/α-hetero) is 2. The Balaban J connectivity index is 2.19. The Kier molecular flexibility index (Phi) is 4.62. The monoisotopic (exact) mass is 328 g/mol. The first-order chi connectivity index (χ1) is 12.0. The van der Waals surface area contributed by atoms with Crippen LogP contribution in [0.2, 0.25) is 0 Å². The Bertz CT molecular complexity index is 939. The SMILES string of the molecule is Cc1cc(C(=O)C(=O)c2ccccc2)c(-c2ccccc2)c(C)c1C. The molecule has 0 aliphatic rings. The van der Waals surface area contributed by atoms with E-state index in [9.17, 15) is 9.59 Å². The number of rotatable bonds is 4. The van der Waals surface area contributed by atoms with Gasteiger partial charge in [-0.3, -0.25) is 9.59 Å². The van der Waals surface area contributed by atoms with Crippen molar-refractivity contribution in [2.45, 2.75) is 20.8 Å². The van der Waals surface area contributed by atoms with Crippen molar-refractivity contribution in [2.24, 2.45) is 0 Å². The lowest BCUT2D eigenvalue weighted by Crippen LogP contribution is -2.16. The Labute approximate surface area is 148 Å². The van der Waals surface area contributed by atoms with Crippen LogP contribution in [0.4, 0.5) is 0 Å². The molecule has 124 valence electrons. The maximum absolute atomic E-state index is 13.0. The van der Waals surface area contributed by atoms with Gasteiger partial charge in [0.25, 0.3) is 0 Å². The standard InChI is InChI=1S/C23H20O2/c1-15-14-20(23(25)22(24)19-12-8-5-9-13-19)21(17(3)16(15)2)18-10-6-4-7-11-18/h4-14H,1-3H3. The molecule has 2 heteroatoms. The van der Waals surface area contributed by atoms with Crippen molar-refractivity contribution in [1.82, 2.24) is 0 Å². The van der Waals surface area contributed by atoms with E-state index in [0.717, 1.165) is 27.8 Å². The van der Waals surface area contributed by atoms with E-state index < -0.39 is 11.6 Å². The number of hydrogen-bond donors (Lipinski definition) is 0. The van der Waals surface area contributed by atoms with Crippen LogP contribution in [0.1, 0.15) is 37.4 Å². The molecule has 0 fully saturated rings. The number of aryl methyl sites for hydroxylation is 1. The minimum Gasteiger partial charge on any atom is -0.285 e. The highest BCUT2D eigenvalue weighted by Crippen LogP contribution is 2.32. The first kappa shape index (κ1) is 16.8. The summed E-state index contributed by atoms with van der Waals surface area (Å²) >= 11 is 0. The van der Waals surface area contributed by atoms with E-state index in [1.165, 1.54) is 0 Å². The highest BCUT2D eigenvalue weighted by Gasteiger charge is 2.24. The second-order valence-corrected chi connectivity index (χ2v) is 6.26. The van der Waals surface area contributed by atoms with E-state index in [4.69, 9.17) is 0 Å². The van der Waals surface area contributed by atoms with Crippen LogP contribution in [-0.4, -0.2) is 11.6 Å². The maximum atomic E-state index is 13.0. The molecule has 25 heavy (non-hydrogen) atoms. The third-order valence-corrected chi connectivity index (χ3v) is 4.71. The molecule has 0 atom stereocenters. The third kappa shape index (κ3) is 3.16. The predicted molar refractivity (Wildman–Crippen MR) is 101 cm³/mol. The Hall–Kier alpha value is -3.00. The van der Waals surface area contributed by atoms with Crippen LogP contribution >= 0.6 is 0 Å². The van der Waals surface area contributed by atoms with E-state index >= 15 is 0 Å². The summed E-state index contributed by atoms with van der Waals surface area (Å²) in [6.07, 6.45) is 0. The smallest absolute Gasteiger partial charge is 0.234 e. The first-order valence-corrected chi connectivity index (χ1v) is 8.31. The molecule has 3 rings (SSSR count). The highest BCUT2D eigenvalue weighted by atomic mass is 16.2. The van der Waals surface area contributed by atoms with Gasteiger partial charge in [-0.25, -0.2) is 0 Å². The summed E-state index contributed by atoms with van der Waals surface area (Å²) in [7, 11) is 0. The Morgan fingerprint density at radius 2 is 1.24 bits per heavy atom. The fraction of sp³-hybridized carbons (Fsp3) is 0.130. The lowest BCUT2D eigenvalue weighted by atomic mass is 9.86. The van der Waals surface area contributed by atoms with E-state index in [0.29, 0.717) is 11.1 Å². The molecular weight excluding hydrogens is 308 g/mol.